The highest BCUT2D eigenvalue weighted by atomic mass is 15.1. The van der Waals surface area contributed by atoms with Gasteiger partial charge in [-0.1, -0.05) is 42.5 Å². The first-order valence-electron chi connectivity index (χ1n) is 5.70. The van der Waals surface area contributed by atoms with E-state index < -0.39 is 0 Å². The van der Waals surface area contributed by atoms with E-state index in [2.05, 4.69) is 60.9 Å². The first kappa shape index (κ1) is 10.7. The van der Waals surface area contributed by atoms with Crippen molar-refractivity contribution >= 4 is 16.5 Å². The van der Waals surface area contributed by atoms with Crippen molar-refractivity contribution in [2.24, 2.45) is 0 Å². The highest BCUT2D eigenvalue weighted by molar-refractivity contribution is 5.94. The van der Waals surface area contributed by atoms with Gasteiger partial charge in [0, 0.05) is 24.2 Å². The molecule has 1 nitrogen and oxygen atoms in total. The van der Waals surface area contributed by atoms with Crippen molar-refractivity contribution in [3.05, 3.63) is 55.1 Å². The van der Waals surface area contributed by atoms with Crippen LogP contribution in [-0.4, -0.2) is 13.1 Å². The van der Waals surface area contributed by atoms with Gasteiger partial charge in [0.15, 0.2) is 0 Å². The molecule has 2 aromatic carbocycles. The summed E-state index contributed by atoms with van der Waals surface area (Å²) in [5.74, 6) is 0. The topological polar surface area (TPSA) is 3.24 Å². The lowest BCUT2D eigenvalue weighted by molar-refractivity contribution is 0.912. The van der Waals surface area contributed by atoms with Gasteiger partial charge >= 0.3 is 0 Å². The maximum absolute atomic E-state index is 3.81. The fourth-order valence-electron chi connectivity index (χ4n) is 2.04. The van der Waals surface area contributed by atoms with E-state index in [-0.39, 0.29) is 0 Å². The molecule has 0 amide bonds. The Hall–Kier alpha value is -1.76. The zero-order valence-electron chi connectivity index (χ0n) is 9.69. The van der Waals surface area contributed by atoms with E-state index in [1.807, 2.05) is 6.08 Å². The van der Waals surface area contributed by atoms with Gasteiger partial charge in [-0.05, 0) is 18.4 Å². The molecule has 0 atom stereocenters. The van der Waals surface area contributed by atoms with Crippen LogP contribution in [-0.2, 0) is 0 Å². The van der Waals surface area contributed by atoms with E-state index in [9.17, 15) is 0 Å². The largest absolute Gasteiger partial charge is 0.368 e. The smallest absolute Gasteiger partial charge is 0.0448 e. The molecule has 0 fully saturated rings. The Morgan fingerprint density at radius 3 is 2.62 bits per heavy atom. The summed E-state index contributed by atoms with van der Waals surface area (Å²) in [7, 11) is 0. The van der Waals surface area contributed by atoms with Crippen molar-refractivity contribution < 1.29 is 0 Å². The highest BCUT2D eigenvalue weighted by Gasteiger charge is 2.05. The molecule has 0 saturated heterocycles. The SMILES string of the molecule is C=CCN(CC)c1cccc2ccccc12. The summed E-state index contributed by atoms with van der Waals surface area (Å²) in [6.07, 6.45) is 1.95. The zero-order valence-corrected chi connectivity index (χ0v) is 9.69. The van der Waals surface area contributed by atoms with Crippen LogP contribution < -0.4 is 4.90 Å². The lowest BCUT2D eigenvalue weighted by Crippen LogP contribution is -2.22. The van der Waals surface area contributed by atoms with Crippen LogP contribution in [0.4, 0.5) is 5.69 Å². The minimum absolute atomic E-state index is 0.893. The lowest BCUT2D eigenvalue weighted by Gasteiger charge is -2.23. The molecule has 0 saturated carbocycles. The minimum Gasteiger partial charge on any atom is -0.368 e. The molecule has 0 aromatic heterocycles. The van der Waals surface area contributed by atoms with Crippen molar-refractivity contribution in [3.8, 4) is 0 Å². The van der Waals surface area contributed by atoms with Crippen LogP contribution in [0.3, 0.4) is 0 Å². The Morgan fingerprint density at radius 2 is 1.88 bits per heavy atom. The van der Waals surface area contributed by atoms with Crippen LogP contribution in [0.5, 0.6) is 0 Å². The van der Waals surface area contributed by atoms with Gasteiger partial charge in [0.05, 0.1) is 0 Å². The number of likely N-dealkylation sites (N-methyl/N-ethyl adjacent to an activating group) is 1. The highest BCUT2D eigenvalue weighted by Crippen LogP contribution is 2.26. The predicted octanol–water partition coefficient (Wildman–Crippen LogP) is 3.85. The number of hydrogen-bond acceptors (Lipinski definition) is 1. The summed E-state index contributed by atoms with van der Waals surface area (Å²) in [4.78, 5) is 2.33. The van der Waals surface area contributed by atoms with Crippen LogP contribution in [0.2, 0.25) is 0 Å². The Balaban J connectivity index is 2.54. The third-order valence-electron chi connectivity index (χ3n) is 2.84. The van der Waals surface area contributed by atoms with Gasteiger partial charge in [-0.3, -0.25) is 0 Å². The number of nitrogens with zero attached hydrogens (tertiary/aromatic N) is 1. The van der Waals surface area contributed by atoms with Crippen molar-refractivity contribution in [3.63, 3.8) is 0 Å². The fraction of sp³-hybridized carbons (Fsp3) is 0.200. The molecule has 16 heavy (non-hydrogen) atoms. The minimum atomic E-state index is 0.893. The molecular formula is C15H17N. The zero-order chi connectivity index (χ0) is 11.4. The molecule has 0 spiro atoms. The summed E-state index contributed by atoms with van der Waals surface area (Å²) in [5.41, 5.74) is 1.29. The normalized spacial score (nSPS) is 10.3. The molecule has 2 aromatic rings. The molecule has 0 aliphatic rings. The summed E-state index contributed by atoms with van der Waals surface area (Å²) < 4.78 is 0. The van der Waals surface area contributed by atoms with Crippen LogP contribution in [0.15, 0.2) is 55.1 Å². The van der Waals surface area contributed by atoms with Gasteiger partial charge in [-0.15, -0.1) is 6.58 Å². The van der Waals surface area contributed by atoms with Gasteiger partial charge in [0.25, 0.3) is 0 Å². The van der Waals surface area contributed by atoms with E-state index in [1.165, 1.54) is 16.5 Å². The van der Waals surface area contributed by atoms with E-state index in [0.717, 1.165) is 13.1 Å². The molecule has 1 heteroatoms. The van der Waals surface area contributed by atoms with Gasteiger partial charge < -0.3 is 4.90 Å². The van der Waals surface area contributed by atoms with Gasteiger partial charge in [0.1, 0.15) is 0 Å². The van der Waals surface area contributed by atoms with E-state index in [4.69, 9.17) is 0 Å². The summed E-state index contributed by atoms with van der Waals surface area (Å²) >= 11 is 0. The Bertz CT molecular complexity index is 482. The maximum atomic E-state index is 3.81. The maximum Gasteiger partial charge on any atom is 0.0448 e. The van der Waals surface area contributed by atoms with Crippen molar-refractivity contribution in [1.82, 2.24) is 0 Å². The predicted molar refractivity (Wildman–Crippen MR) is 72.0 cm³/mol. The van der Waals surface area contributed by atoms with Crippen molar-refractivity contribution in [2.45, 2.75) is 6.92 Å². The van der Waals surface area contributed by atoms with Crippen LogP contribution in [0.1, 0.15) is 6.92 Å². The number of rotatable bonds is 4. The number of fused-ring (bicyclic) bond motifs is 1. The van der Waals surface area contributed by atoms with Crippen LogP contribution in [0.25, 0.3) is 10.8 Å². The van der Waals surface area contributed by atoms with Gasteiger partial charge in [-0.25, -0.2) is 0 Å². The first-order chi connectivity index (χ1) is 7.86. The molecule has 0 bridgehead atoms. The van der Waals surface area contributed by atoms with Crippen molar-refractivity contribution in [2.75, 3.05) is 18.0 Å². The van der Waals surface area contributed by atoms with Crippen LogP contribution in [0, 0.1) is 0 Å². The Morgan fingerprint density at radius 1 is 1.12 bits per heavy atom. The number of benzene rings is 2. The average molecular weight is 211 g/mol. The standard InChI is InChI=1S/C15H17N/c1-3-12-16(4-2)15-11-7-9-13-8-5-6-10-14(13)15/h3,5-11H,1,4,12H2,2H3. The third kappa shape index (κ3) is 1.94. The molecule has 2 rings (SSSR count). The molecule has 0 radical (unpaired) electrons. The van der Waals surface area contributed by atoms with E-state index >= 15 is 0 Å². The summed E-state index contributed by atoms with van der Waals surface area (Å²) in [5, 5.41) is 2.61. The van der Waals surface area contributed by atoms with Crippen molar-refractivity contribution in [1.29, 1.82) is 0 Å². The van der Waals surface area contributed by atoms with Gasteiger partial charge in [0.2, 0.25) is 0 Å². The second kappa shape index (κ2) is 4.84. The van der Waals surface area contributed by atoms with E-state index in [1.54, 1.807) is 0 Å². The first-order valence-corrected chi connectivity index (χ1v) is 5.70. The fourth-order valence-corrected chi connectivity index (χ4v) is 2.04. The molecule has 0 unspecified atom stereocenters. The van der Waals surface area contributed by atoms with Crippen LogP contribution >= 0.6 is 0 Å². The second-order valence-corrected chi connectivity index (χ2v) is 3.83. The number of hydrogen-bond donors (Lipinski definition) is 0. The molecule has 0 aliphatic heterocycles. The molecule has 0 aliphatic carbocycles. The molecule has 82 valence electrons. The summed E-state index contributed by atoms with van der Waals surface area (Å²) in [6.45, 7) is 7.88. The quantitative estimate of drug-likeness (QED) is 0.694. The Labute approximate surface area is 97.0 Å². The summed E-state index contributed by atoms with van der Waals surface area (Å²) in [6, 6.07) is 14.9. The van der Waals surface area contributed by atoms with Gasteiger partial charge in [-0.2, -0.15) is 0 Å². The molecular weight excluding hydrogens is 194 g/mol. The second-order valence-electron chi connectivity index (χ2n) is 3.83. The molecule has 0 heterocycles. The van der Waals surface area contributed by atoms with E-state index in [0.29, 0.717) is 0 Å². The third-order valence-corrected chi connectivity index (χ3v) is 2.84. The molecule has 0 N–H and O–H groups in total. The lowest BCUT2D eigenvalue weighted by atomic mass is 10.1. The average Bonchev–Trinajstić information content (AvgIpc) is 2.35. The number of anilines is 1. The monoisotopic (exact) mass is 211 g/mol. The Kier molecular flexibility index (Phi) is 3.25.